The Morgan fingerprint density at radius 2 is 2.06 bits per heavy atom. The number of carbonyl (C=O) groups excluding carboxylic acids is 1. The van der Waals surface area contributed by atoms with Gasteiger partial charge in [0.1, 0.15) is 0 Å². The van der Waals surface area contributed by atoms with Crippen molar-refractivity contribution in [2.24, 2.45) is 13.0 Å². The fraction of sp³-hybridized carbons (Fsp3) is 0.692. The summed E-state index contributed by atoms with van der Waals surface area (Å²) in [5.74, 6) is 0.832. The maximum absolute atomic E-state index is 12.1. The summed E-state index contributed by atoms with van der Waals surface area (Å²) in [4.78, 5) is 12.1. The van der Waals surface area contributed by atoms with Gasteiger partial charge in [-0.2, -0.15) is 5.10 Å². The van der Waals surface area contributed by atoms with Crippen molar-refractivity contribution in [2.75, 3.05) is 0 Å². The van der Waals surface area contributed by atoms with Crippen molar-refractivity contribution < 1.29 is 4.79 Å². The van der Waals surface area contributed by atoms with E-state index in [1.807, 2.05) is 14.0 Å². The van der Waals surface area contributed by atoms with Gasteiger partial charge < -0.3 is 5.32 Å². The molecule has 1 heterocycles. The first-order chi connectivity index (χ1) is 8.08. The molecule has 1 N–H and O–H groups in total. The number of hydrogen-bond donors (Lipinski definition) is 1. The molecule has 0 spiro atoms. The van der Waals surface area contributed by atoms with Crippen LogP contribution in [0, 0.1) is 12.8 Å². The van der Waals surface area contributed by atoms with Crippen molar-refractivity contribution >= 4 is 5.91 Å². The second-order valence-electron chi connectivity index (χ2n) is 5.20. The Balaban J connectivity index is 1.95. The van der Waals surface area contributed by atoms with Gasteiger partial charge in [-0.1, -0.05) is 6.92 Å². The van der Waals surface area contributed by atoms with Crippen LogP contribution in [0.4, 0.5) is 0 Å². The first-order valence-corrected chi connectivity index (χ1v) is 6.37. The van der Waals surface area contributed by atoms with Crippen LogP contribution < -0.4 is 5.32 Å². The van der Waals surface area contributed by atoms with Gasteiger partial charge in [0, 0.05) is 18.8 Å². The Morgan fingerprint density at radius 1 is 1.41 bits per heavy atom. The predicted octanol–water partition coefficient (Wildman–Crippen LogP) is 2.04. The summed E-state index contributed by atoms with van der Waals surface area (Å²) in [6.07, 6.45) is 6.29. The molecule has 4 nitrogen and oxygen atoms in total. The van der Waals surface area contributed by atoms with E-state index >= 15 is 0 Å². The van der Waals surface area contributed by atoms with Crippen LogP contribution in [0.3, 0.4) is 0 Å². The van der Waals surface area contributed by atoms with Crippen molar-refractivity contribution in [2.45, 2.75) is 45.6 Å². The summed E-state index contributed by atoms with van der Waals surface area (Å²) in [6.45, 7) is 4.20. The van der Waals surface area contributed by atoms with Crippen LogP contribution in [0.5, 0.6) is 0 Å². The monoisotopic (exact) mass is 235 g/mol. The van der Waals surface area contributed by atoms with Crippen LogP contribution >= 0.6 is 0 Å². The van der Waals surface area contributed by atoms with Crippen LogP contribution in [-0.4, -0.2) is 21.7 Å². The molecular formula is C13H21N3O. The third kappa shape index (κ3) is 2.68. The molecule has 4 heteroatoms. The molecule has 94 valence electrons. The Bertz CT molecular complexity index is 403. The molecule has 1 aliphatic carbocycles. The highest BCUT2D eigenvalue weighted by molar-refractivity contribution is 5.95. The molecule has 0 saturated heterocycles. The van der Waals surface area contributed by atoms with Gasteiger partial charge in [-0.15, -0.1) is 0 Å². The first kappa shape index (κ1) is 12.1. The van der Waals surface area contributed by atoms with Crippen molar-refractivity contribution in [3.05, 3.63) is 17.5 Å². The van der Waals surface area contributed by atoms with E-state index in [9.17, 15) is 4.79 Å². The molecule has 0 bridgehead atoms. The number of nitrogens with zero attached hydrogens (tertiary/aromatic N) is 2. The molecule has 17 heavy (non-hydrogen) atoms. The average molecular weight is 235 g/mol. The second kappa shape index (κ2) is 4.90. The van der Waals surface area contributed by atoms with Gasteiger partial charge >= 0.3 is 0 Å². The predicted molar refractivity (Wildman–Crippen MR) is 66.8 cm³/mol. The van der Waals surface area contributed by atoms with Gasteiger partial charge in [0.05, 0.1) is 11.8 Å². The summed E-state index contributed by atoms with van der Waals surface area (Å²) in [7, 11) is 1.86. The molecule has 0 unspecified atom stereocenters. The molecule has 1 amide bonds. The Labute approximate surface area is 102 Å². The average Bonchev–Trinajstić information content (AvgIpc) is 2.63. The largest absolute Gasteiger partial charge is 0.349 e. The summed E-state index contributed by atoms with van der Waals surface area (Å²) >= 11 is 0. The molecular weight excluding hydrogens is 214 g/mol. The van der Waals surface area contributed by atoms with Crippen LogP contribution in [0.1, 0.15) is 48.7 Å². The third-order valence-corrected chi connectivity index (χ3v) is 3.83. The fourth-order valence-corrected chi connectivity index (χ4v) is 2.39. The fourth-order valence-electron chi connectivity index (χ4n) is 2.39. The van der Waals surface area contributed by atoms with Crippen LogP contribution in [0.15, 0.2) is 6.20 Å². The van der Waals surface area contributed by atoms with E-state index in [1.165, 1.54) is 12.8 Å². The Morgan fingerprint density at radius 3 is 2.59 bits per heavy atom. The van der Waals surface area contributed by atoms with Gasteiger partial charge in [0.15, 0.2) is 0 Å². The lowest BCUT2D eigenvalue weighted by molar-refractivity contribution is 0.0922. The molecule has 1 aliphatic rings. The van der Waals surface area contributed by atoms with Gasteiger partial charge in [0.25, 0.3) is 5.91 Å². The van der Waals surface area contributed by atoms with Gasteiger partial charge in [0.2, 0.25) is 0 Å². The van der Waals surface area contributed by atoms with E-state index in [1.54, 1.807) is 10.9 Å². The van der Waals surface area contributed by atoms with E-state index < -0.39 is 0 Å². The number of carbonyl (C=O) groups is 1. The summed E-state index contributed by atoms with van der Waals surface area (Å²) in [5, 5.41) is 7.22. The summed E-state index contributed by atoms with van der Waals surface area (Å²) < 4.78 is 1.73. The summed E-state index contributed by atoms with van der Waals surface area (Å²) in [5.41, 5.74) is 1.62. The number of rotatable bonds is 2. The first-order valence-electron chi connectivity index (χ1n) is 6.37. The van der Waals surface area contributed by atoms with Gasteiger partial charge in [-0.25, -0.2) is 0 Å². The summed E-state index contributed by atoms with van der Waals surface area (Å²) in [6, 6.07) is 0.346. The van der Waals surface area contributed by atoms with Gasteiger partial charge in [-0.3, -0.25) is 9.48 Å². The number of nitrogens with one attached hydrogen (secondary N) is 1. The lowest BCUT2D eigenvalue weighted by Crippen LogP contribution is -2.37. The lowest BCUT2D eigenvalue weighted by Gasteiger charge is -2.26. The lowest BCUT2D eigenvalue weighted by atomic mass is 9.87. The molecule has 1 aromatic rings. The molecule has 0 radical (unpaired) electrons. The van der Waals surface area contributed by atoms with E-state index in [0.29, 0.717) is 11.6 Å². The number of amides is 1. The zero-order chi connectivity index (χ0) is 12.4. The quantitative estimate of drug-likeness (QED) is 0.852. The van der Waals surface area contributed by atoms with Gasteiger partial charge in [-0.05, 0) is 38.5 Å². The number of aromatic nitrogens is 2. The van der Waals surface area contributed by atoms with Crippen molar-refractivity contribution in [1.82, 2.24) is 15.1 Å². The Kier molecular flexibility index (Phi) is 3.50. The molecule has 2 rings (SSSR count). The highest BCUT2D eigenvalue weighted by Crippen LogP contribution is 2.23. The number of hydrogen-bond acceptors (Lipinski definition) is 2. The maximum atomic E-state index is 12.1. The highest BCUT2D eigenvalue weighted by atomic mass is 16.1. The molecule has 1 aromatic heterocycles. The minimum Gasteiger partial charge on any atom is -0.349 e. The number of aryl methyl sites for hydroxylation is 1. The van der Waals surface area contributed by atoms with Crippen LogP contribution in [0.2, 0.25) is 0 Å². The van der Waals surface area contributed by atoms with E-state index in [0.717, 1.165) is 24.5 Å². The second-order valence-corrected chi connectivity index (χ2v) is 5.20. The van der Waals surface area contributed by atoms with Crippen molar-refractivity contribution in [3.8, 4) is 0 Å². The van der Waals surface area contributed by atoms with E-state index in [4.69, 9.17) is 0 Å². The van der Waals surface area contributed by atoms with Crippen molar-refractivity contribution in [1.29, 1.82) is 0 Å². The smallest absolute Gasteiger partial charge is 0.254 e. The molecule has 0 aliphatic heterocycles. The minimum atomic E-state index is 0.0233. The zero-order valence-corrected chi connectivity index (χ0v) is 10.9. The Hall–Kier alpha value is -1.32. The SMILES string of the molecule is Cc1c(C(=O)NC2CCC(C)CC2)cnn1C. The van der Waals surface area contributed by atoms with E-state index in [-0.39, 0.29) is 5.91 Å². The molecule has 0 atom stereocenters. The van der Waals surface area contributed by atoms with Crippen molar-refractivity contribution in [3.63, 3.8) is 0 Å². The molecule has 1 saturated carbocycles. The van der Waals surface area contributed by atoms with Crippen LogP contribution in [-0.2, 0) is 7.05 Å². The van der Waals surface area contributed by atoms with E-state index in [2.05, 4.69) is 17.3 Å². The normalized spacial score (nSPS) is 24.6. The third-order valence-electron chi connectivity index (χ3n) is 3.83. The topological polar surface area (TPSA) is 46.9 Å². The zero-order valence-electron chi connectivity index (χ0n) is 10.9. The standard InChI is InChI=1S/C13H21N3O/c1-9-4-6-11(7-5-9)15-13(17)12-8-14-16(3)10(12)2/h8-9,11H,4-7H2,1-3H3,(H,15,17). The molecule has 0 aromatic carbocycles. The van der Waals surface area contributed by atoms with Crippen LogP contribution in [0.25, 0.3) is 0 Å². The maximum Gasteiger partial charge on any atom is 0.254 e. The highest BCUT2D eigenvalue weighted by Gasteiger charge is 2.21. The minimum absolute atomic E-state index is 0.0233. The molecule has 1 fully saturated rings.